The van der Waals surface area contributed by atoms with Crippen LogP contribution in [0, 0.1) is 6.92 Å². The summed E-state index contributed by atoms with van der Waals surface area (Å²) in [6.45, 7) is 2.78. The van der Waals surface area contributed by atoms with Crippen molar-refractivity contribution < 1.29 is 18.7 Å². The Morgan fingerprint density at radius 3 is 2.28 bits per heavy atom. The van der Waals surface area contributed by atoms with E-state index < -0.39 is 21.7 Å². The predicted molar refractivity (Wildman–Crippen MR) is 69.8 cm³/mol. The van der Waals surface area contributed by atoms with Gasteiger partial charge in [-0.05, 0) is 6.92 Å². The highest BCUT2D eigenvalue weighted by Gasteiger charge is 2.29. The van der Waals surface area contributed by atoms with Crippen LogP contribution in [0.5, 0.6) is 0 Å². The summed E-state index contributed by atoms with van der Waals surface area (Å²) in [7, 11) is -3.52. The van der Waals surface area contributed by atoms with Gasteiger partial charge in [-0.3, -0.25) is 0 Å². The summed E-state index contributed by atoms with van der Waals surface area (Å²) in [5.41, 5.74) is 1.47. The largest absolute Gasteiger partial charge is 0.411 e. The lowest BCUT2D eigenvalue weighted by molar-refractivity contribution is 0.296. The standard InChI is InChI=1S/C12H17NO4S/c1-3-18(16,17)11(8-14)12(13-15)10-6-4-9(2)5-7-10/h4-7,11,14-15H,3,8H2,1-2H3/b13-12-/t11-/m1/s1. The molecule has 0 spiro atoms. The third-order valence-electron chi connectivity index (χ3n) is 2.76. The lowest BCUT2D eigenvalue weighted by Crippen LogP contribution is -2.35. The maximum absolute atomic E-state index is 11.8. The molecular weight excluding hydrogens is 254 g/mol. The molecule has 0 aliphatic heterocycles. The van der Waals surface area contributed by atoms with Gasteiger partial charge in [-0.1, -0.05) is 41.9 Å². The molecular formula is C12H17NO4S. The van der Waals surface area contributed by atoms with Crippen molar-refractivity contribution >= 4 is 15.5 Å². The zero-order valence-electron chi connectivity index (χ0n) is 10.4. The van der Waals surface area contributed by atoms with Crippen LogP contribution in [0.3, 0.4) is 0 Å². The summed E-state index contributed by atoms with van der Waals surface area (Å²) < 4.78 is 23.6. The first-order valence-electron chi connectivity index (χ1n) is 5.57. The fraction of sp³-hybridized carbons (Fsp3) is 0.417. The number of aliphatic hydroxyl groups is 1. The van der Waals surface area contributed by atoms with E-state index in [9.17, 15) is 13.5 Å². The van der Waals surface area contributed by atoms with Crippen molar-refractivity contribution in [1.82, 2.24) is 0 Å². The summed E-state index contributed by atoms with van der Waals surface area (Å²) in [4.78, 5) is 0. The van der Waals surface area contributed by atoms with Gasteiger partial charge >= 0.3 is 0 Å². The van der Waals surface area contributed by atoms with Crippen molar-refractivity contribution in [3.8, 4) is 0 Å². The van der Waals surface area contributed by atoms with Gasteiger partial charge in [0.1, 0.15) is 11.0 Å². The first kappa shape index (κ1) is 14.7. The molecule has 1 aromatic rings. The second-order valence-corrected chi connectivity index (χ2v) is 6.45. The van der Waals surface area contributed by atoms with Crippen LogP contribution in [-0.4, -0.2) is 42.1 Å². The van der Waals surface area contributed by atoms with Crippen LogP contribution >= 0.6 is 0 Å². The summed E-state index contributed by atoms with van der Waals surface area (Å²) in [6, 6.07) is 6.90. The lowest BCUT2D eigenvalue weighted by Gasteiger charge is -2.15. The van der Waals surface area contributed by atoms with Crippen molar-refractivity contribution in [3.05, 3.63) is 35.4 Å². The van der Waals surface area contributed by atoms with Gasteiger partial charge < -0.3 is 10.3 Å². The van der Waals surface area contributed by atoms with E-state index in [2.05, 4.69) is 5.16 Å². The number of sulfone groups is 1. The molecule has 0 amide bonds. The smallest absolute Gasteiger partial charge is 0.161 e. The highest BCUT2D eigenvalue weighted by molar-refractivity contribution is 7.92. The minimum absolute atomic E-state index is 0.0284. The van der Waals surface area contributed by atoms with E-state index in [-0.39, 0.29) is 11.5 Å². The van der Waals surface area contributed by atoms with Gasteiger partial charge in [0, 0.05) is 11.3 Å². The normalized spacial score (nSPS) is 14.5. The Balaban J connectivity index is 3.21. The van der Waals surface area contributed by atoms with Crippen LogP contribution in [0.2, 0.25) is 0 Å². The third kappa shape index (κ3) is 3.08. The Bertz CT molecular complexity index is 520. The molecule has 18 heavy (non-hydrogen) atoms. The average Bonchev–Trinajstić information content (AvgIpc) is 2.36. The fourth-order valence-corrected chi connectivity index (χ4v) is 2.76. The molecule has 0 fully saturated rings. The van der Waals surface area contributed by atoms with E-state index in [0.717, 1.165) is 5.56 Å². The zero-order chi connectivity index (χ0) is 13.8. The number of oxime groups is 1. The van der Waals surface area contributed by atoms with Gasteiger partial charge in [0.15, 0.2) is 9.84 Å². The van der Waals surface area contributed by atoms with Gasteiger partial charge in [0.25, 0.3) is 0 Å². The monoisotopic (exact) mass is 271 g/mol. The molecule has 0 saturated heterocycles. The molecule has 1 atom stereocenters. The number of rotatable bonds is 5. The van der Waals surface area contributed by atoms with Crippen LogP contribution in [0.1, 0.15) is 18.1 Å². The third-order valence-corrected chi connectivity index (χ3v) is 4.81. The van der Waals surface area contributed by atoms with E-state index in [1.54, 1.807) is 24.3 Å². The molecule has 0 radical (unpaired) electrons. The summed E-state index contributed by atoms with van der Waals surface area (Å²) in [6.07, 6.45) is 0. The van der Waals surface area contributed by atoms with Crippen LogP contribution in [0.4, 0.5) is 0 Å². The molecule has 0 bridgehead atoms. The van der Waals surface area contributed by atoms with Gasteiger partial charge in [-0.2, -0.15) is 0 Å². The molecule has 6 heteroatoms. The number of aliphatic hydroxyl groups excluding tert-OH is 1. The van der Waals surface area contributed by atoms with Crippen molar-refractivity contribution in [2.75, 3.05) is 12.4 Å². The molecule has 5 nitrogen and oxygen atoms in total. The van der Waals surface area contributed by atoms with Gasteiger partial charge in [-0.15, -0.1) is 0 Å². The molecule has 0 saturated carbocycles. The molecule has 1 aromatic carbocycles. The number of aryl methyl sites for hydroxylation is 1. The van der Waals surface area contributed by atoms with Gasteiger partial charge in [0.2, 0.25) is 0 Å². The Morgan fingerprint density at radius 1 is 1.33 bits per heavy atom. The topological polar surface area (TPSA) is 87.0 Å². The highest BCUT2D eigenvalue weighted by atomic mass is 32.2. The fourth-order valence-electron chi connectivity index (χ4n) is 1.60. The molecule has 0 heterocycles. The minimum Gasteiger partial charge on any atom is -0.411 e. The van der Waals surface area contributed by atoms with Crippen LogP contribution in [-0.2, 0) is 9.84 Å². The second-order valence-electron chi connectivity index (χ2n) is 3.97. The maximum atomic E-state index is 11.8. The predicted octanol–water partition coefficient (Wildman–Crippen LogP) is 0.969. The second kappa shape index (κ2) is 5.97. The number of hydrogen-bond donors (Lipinski definition) is 2. The number of nitrogens with zero attached hydrogens (tertiary/aromatic N) is 1. The van der Waals surface area contributed by atoms with Crippen molar-refractivity contribution in [3.63, 3.8) is 0 Å². The average molecular weight is 271 g/mol. The van der Waals surface area contributed by atoms with Crippen LogP contribution in [0.15, 0.2) is 29.4 Å². The summed E-state index contributed by atoms with van der Waals surface area (Å²) in [5.74, 6) is -0.122. The molecule has 2 N–H and O–H groups in total. The molecule has 100 valence electrons. The van der Waals surface area contributed by atoms with Gasteiger partial charge in [0.05, 0.1) is 6.61 Å². The number of benzene rings is 1. The SMILES string of the molecule is CCS(=O)(=O)[C@H](CO)/C(=N\O)c1ccc(C)cc1. The first-order chi connectivity index (χ1) is 8.46. The Kier molecular flexibility index (Phi) is 4.86. The minimum atomic E-state index is -3.52. The quantitative estimate of drug-likeness (QED) is 0.474. The van der Waals surface area contributed by atoms with Crippen molar-refractivity contribution in [1.29, 1.82) is 0 Å². The summed E-state index contributed by atoms with van der Waals surface area (Å²) in [5, 5.41) is 20.1. The highest BCUT2D eigenvalue weighted by Crippen LogP contribution is 2.13. The van der Waals surface area contributed by atoms with Crippen LogP contribution in [0.25, 0.3) is 0 Å². The molecule has 0 aromatic heterocycles. The van der Waals surface area contributed by atoms with Crippen molar-refractivity contribution in [2.45, 2.75) is 19.1 Å². The van der Waals surface area contributed by atoms with Crippen LogP contribution < -0.4 is 0 Å². The maximum Gasteiger partial charge on any atom is 0.161 e. The van der Waals surface area contributed by atoms with E-state index in [4.69, 9.17) is 5.21 Å². The first-order valence-corrected chi connectivity index (χ1v) is 7.29. The molecule has 0 aliphatic carbocycles. The Labute approximate surface area is 107 Å². The molecule has 0 aliphatic rings. The van der Waals surface area contributed by atoms with E-state index in [0.29, 0.717) is 5.56 Å². The zero-order valence-corrected chi connectivity index (χ0v) is 11.2. The lowest BCUT2D eigenvalue weighted by atomic mass is 10.1. The molecule has 1 rings (SSSR count). The molecule has 0 unspecified atom stereocenters. The van der Waals surface area contributed by atoms with E-state index >= 15 is 0 Å². The Morgan fingerprint density at radius 2 is 1.89 bits per heavy atom. The van der Waals surface area contributed by atoms with E-state index in [1.807, 2.05) is 6.92 Å². The van der Waals surface area contributed by atoms with Gasteiger partial charge in [-0.25, -0.2) is 8.42 Å². The van der Waals surface area contributed by atoms with Crippen molar-refractivity contribution in [2.24, 2.45) is 5.16 Å². The number of hydrogen-bond acceptors (Lipinski definition) is 5. The Hall–Kier alpha value is -1.40. The summed E-state index contributed by atoms with van der Waals surface area (Å²) >= 11 is 0. The van der Waals surface area contributed by atoms with E-state index in [1.165, 1.54) is 6.92 Å².